The van der Waals surface area contributed by atoms with Gasteiger partial charge in [-0.3, -0.25) is 9.52 Å². The summed E-state index contributed by atoms with van der Waals surface area (Å²) in [5.41, 5.74) is 0.316. The zero-order valence-corrected chi connectivity index (χ0v) is 18.5. The first-order chi connectivity index (χ1) is 14.9. The largest absolute Gasteiger partial charge is 0.416 e. The third-order valence-electron chi connectivity index (χ3n) is 4.55. The number of anilines is 2. The van der Waals surface area contributed by atoms with E-state index in [-0.39, 0.29) is 21.2 Å². The van der Waals surface area contributed by atoms with Crippen molar-refractivity contribution in [2.45, 2.75) is 24.9 Å². The molecule has 5 nitrogen and oxygen atoms in total. The average Bonchev–Trinajstić information content (AvgIpc) is 2.68. The number of aryl methyl sites for hydroxylation is 2. The SMILES string of the molecule is Cc1cccc(NS(=O)(=O)c2cc(C(=O)Nc3cc(C(F)(F)F)ccc3Cl)ccc2C)c1. The van der Waals surface area contributed by atoms with Crippen LogP contribution in [0, 0.1) is 13.8 Å². The molecule has 0 saturated heterocycles. The number of benzene rings is 3. The minimum atomic E-state index is -4.61. The molecule has 0 radical (unpaired) electrons. The van der Waals surface area contributed by atoms with E-state index >= 15 is 0 Å². The first kappa shape index (κ1) is 23.6. The van der Waals surface area contributed by atoms with Gasteiger partial charge in [-0.05, 0) is 67.4 Å². The minimum Gasteiger partial charge on any atom is -0.321 e. The van der Waals surface area contributed by atoms with Crippen LogP contribution in [-0.2, 0) is 16.2 Å². The molecule has 0 heterocycles. The summed E-state index contributed by atoms with van der Waals surface area (Å²) in [6.07, 6.45) is -4.61. The van der Waals surface area contributed by atoms with Crippen molar-refractivity contribution in [1.82, 2.24) is 0 Å². The van der Waals surface area contributed by atoms with E-state index in [1.807, 2.05) is 13.0 Å². The molecule has 2 N–H and O–H groups in total. The van der Waals surface area contributed by atoms with Crippen molar-refractivity contribution in [2.24, 2.45) is 0 Å². The summed E-state index contributed by atoms with van der Waals surface area (Å²) in [6.45, 7) is 3.38. The van der Waals surface area contributed by atoms with E-state index < -0.39 is 27.7 Å². The van der Waals surface area contributed by atoms with Gasteiger partial charge in [0, 0.05) is 11.3 Å². The number of rotatable bonds is 5. The molecule has 0 fully saturated rings. The first-order valence-corrected chi connectivity index (χ1v) is 11.1. The fraction of sp³-hybridized carbons (Fsp3) is 0.136. The Morgan fingerprint density at radius 3 is 2.34 bits per heavy atom. The molecule has 0 spiro atoms. The monoisotopic (exact) mass is 482 g/mol. The van der Waals surface area contributed by atoms with Gasteiger partial charge in [-0.1, -0.05) is 29.8 Å². The van der Waals surface area contributed by atoms with Crippen LogP contribution in [-0.4, -0.2) is 14.3 Å². The quantitative estimate of drug-likeness (QED) is 0.466. The van der Waals surface area contributed by atoms with E-state index in [1.165, 1.54) is 12.1 Å². The second-order valence-electron chi connectivity index (χ2n) is 7.10. The van der Waals surface area contributed by atoms with Crippen LogP contribution >= 0.6 is 11.6 Å². The van der Waals surface area contributed by atoms with Gasteiger partial charge in [-0.25, -0.2) is 8.42 Å². The van der Waals surface area contributed by atoms with Gasteiger partial charge in [-0.2, -0.15) is 13.2 Å². The highest BCUT2D eigenvalue weighted by Gasteiger charge is 2.31. The van der Waals surface area contributed by atoms with Gasteiger partial charge in [0.2, 0.25) is 0 Å². The van der Waals surface area contributed by atoms with Crippen LogP contribution in [0.1, 0.15) is 27.0 Å². The zero-order chi connectivity index (χ0) is 23.7. The highest BCUT2D eigenvalue weighted by Crippen LogP contribution is 2.34. The second-order valence-corrected chi connectivity index (χ2v) is 9.16. The van der Waals surface area contributed by atoms with Crippen LogP contribution in [0.3, 0.4) is 0 Å². The maximum Gasteiger partial charge on any atom is 0.416 e. The van der Waals surface area contributed by atoms with E-state index in [1.54, 1.807) is 25.1 Å². The van der Waals surface area contributed by atoms with E-state index in [0.29, 0.717) is 17.3 Å². The number of carbonyl (C=O) groups excluding carboxylic acids is 1. The van der Waals surface area contributed by atoms with Crippen LogP contribution in [0.2, 0.25) is 5.02 Å². The Hall–Kier alpha value is -3.04. The standard InChI is InChI=1S/C22H18ClF3N2O3S/c1-13-4-3-5-17(10-13)28-32(30,31)20-11-15(7-6-14(20)2)21(29)27-19-12-16(22(24,25)26)8-9-18(19)23/h3-12,28H,1-2H3,(H,27,29). The molecule has 3 rings (SSSR count). The Labute approximate surface area is 188 Å². The van der Waals surface area contributed by atoms with E-state index in [2.05, 4.69) is 10.0 Å². The maximum absolute atomic E-state index is 13.0. The molecule has 0 aliphatic rings. The number of alkyl halides is 3. The molecular weight excluding hydrogens is 465 g/mol. The first-order valence-electron chi connectivity index (χ1n) is 9.25. The van der Waals surface area contributed by atoms with Crippen molar-refractivity contribution in [3.05, 3.63) is 87.9 Å². The molecule has 0 unspecified atom stereocenters. The van der Waals surface area contributed by atoms with E-state index in [9.17, 15) is 26.4 Å². The molecule has 0 aliphatic carbocycles. The number of halogens is 4. The van der Waals surface area contributed by atoms with E-state index in [0.717, 1.165) is 23.8 Å². The van der Waals surface area contributed by atoms with Gasteiger partial charge in [0.05, 0.1) is 21.2 Å². The zero-order valence-electron chi connectivity index (χ0n) is 16.9. The van der Waals surface area contributed by atoms with Crippen molar-refractivity contribution >= 4 is 38.9 Å². The lowest BCUT2D eigenvalue weighted by Gasteiger charge is -2.14. The van der Waals surface area contributed by atoms with Crippen molar-refractivity contribution in [1.29, 1.82) is 0 Å². The third kappa shape index (κ3) is 5.41. The van der Waals surface area contributed by atoms with Crippen LogP contribution in [0.4, 0.5) is 24.5 Å². The smallest absolute Gasteiger partial charge is 0.321 e. The van der Waals surface area contributed by atoms with Gasteiger partial charge in [0.1, 0.15) is 0 Å². The number of sulfonamides is 1. The van der Waals surface area contributed by atoms with Gasteiger partial charge in [0.25, 0.3) is 15.9 Å². The second kappa shape index (κ2) is 8.84. The molecule has 0 bridgehead atoms. The summed E-state index contributed by atoms with van der Waals surface area (Å²) in [5, 5.41) is 2.22. The van der Waals surface area contributed by atoms with Crippen LogP contribution in [0.25, 0.3) is 0 Å². The number of hydrogen-bond donors (Lipinski definition) is 2. The Kier molecular flexibility index (Phi) is 6.52. The summed E-state index contributed by atoms with van der Waals surface area (Å²) in [4.78, 5) is 12.5. The minimum absolute atomic E-state index is 0.0614. The maximum atomic E-state index is 13.0. The number of nitrogens with one attached hydrogen (secondary N) is 2. The molecule has 0 aromatic heterocycles. The predicted molar refractivity (Wildman–Crippen MR) is 118 cm³/mol. The summed E-state index contributed by atoms with van der Waals surface area (Å²) in [6, 6.07) is 13.3. The van der Waals surface area contributed by atoms with Crippen molar-refractivity contribution in [2.75, 3.05) is 10.0 Å². The van der Waals surface area contributed by atoms with Crippen LogP contribution in [0.15, 0.2) is 65.6 Å². The molecule has 3 aromatic carbocycles. The Morgan fingerprint density at radius 2 is 1.69 bits per heavy atom. The normalized spacial score (nSPS) is 11.8. The fourth-order valence-corrected chi connectivity index (χ4v) is 4.43. The Morgan fingerprint density at radius 1 is 0.969 bits per heavy atom. The lowest BCUT2D eigenvalue weighted by atomic mass is 10.1. The molecule has 168 valence electrons. The molecule has 3 aromatic rings. The molecule has 1 amide bonds. The van der Waals surface area contributed by atoms with Crippen molar-refractivity contribution < 1.29 is 26.4 Å². The Balaban J connectivity index is 1.91. The molecule has 32 heavy (non-hydrogen) atoms. The molecule has 0 saturated carbocycles. The van der Waals surface area contributed by atoms with E-state index in [4.69, 9.17) is 11.6 Å². The molecule has 0 atom stereocenters. The summed E-state index contributed by atoms with van der Waals surface area (Å²) in [5.74, 6) is -0.807. The lowest BCUT2D eigenvalue weighted by molar-refractivity contribution is -0.137. The summed E-state index contributed by atoms with van der Waals surface area (Å²) < 4.78 is 67.1. The number of carbonyl (C=O) groups is 1. The van der Waals surface area contributed by atoms with Crippen molar-refractivity contribution in [3.63, 3.8) is 0 Å². The van der Waals surface area contributed by atoms with Crippen LogP contribution < -0.4 is 10.0 Å². The number of amides is 1. The lowest BCUT2D eigenvalue weighted by Crippen LogP contribution is -2.17. The predicted octanol–water partition coefficient (Wildman–Crippen LogP) is 6.03. The van der Waals surface area contributed by atoms with Gasteiger partial charge < -0.3 is 5.32 Å². The summed E-state index contributed by atoms with van der Waals surface area (Å²) in [7, 11) is -4.03. The topological polar surface area (TPSA) is 75.3 Å². The molecule has 10 heteroatoms. The van der Waals surface area contributed by atoms with Crippen LogP contribution in [0.5, 0.6) is 0 Å². The van der Waals surface area contributed by atoms with Gasteiger partial charge in [-0.15, -0.1) is 0 Å². The third-order valence-corrected chi connectivity index (χ3v) is 6.40. The fourth-order valence-electron chi connectivity index (χ4n) is 2.94. The Bertz CT molecular complexity index is 1290. The highest BCUT2D eigenvalue weighted by molar-refractivity contribution is 7.92. The highest BCUT2D eigenvalue weighted by atomic mass is 35.5. The molecule has 0 aliphatic heterocycles. The molecular formula is C22H18ClF3N2O3S. The van der Waals surface area contributed by atoms with Crippen molar-refractivity contribution in [3.8, 4) is 0 Å². The average molecular weight is 483 g/mol. The van der Waals surface area contributed by atoms with Gasteiger partial charge >= 0.3 is 6.18 Å². The summed E-state index contributed by atoms with van der Waals surface area (Å²) >= 11 is 5.92. The van der Waals surface area contributed by atoms with Gasteiger partial charge in [0.15, 0.2) is 0 Å². The number of hydrogen-bond acceptors (Lipinski definition) is 3.